The maximum absolute atomic E-state index is 6.04. The number of rotatable bonds is 4. The molecule has 0 saturated carbocycles. The van der Waals surface area contributed by atoms with E-state index < -0.39 is 0 Å². The van der Waals surface area contributed by atoms with Crippen molar-refractivity contribution < 1.29 is 4.74 Å². The van der Waals surface area contributed by atoms with E-state index in [0.29, 0.717) is 12.5 Å². The van der Waals surface area contributed by atoms with Crippen LogP contribution in [0.15, 0.2) is 10.3 Å². The van der Waals surface area contributed by atoms with Gasteiger partial charge in [-0.15, -0.1) is 21.5 Å². The molecule has 0 unspecified atom stereocenters. The average Bonchev–Trinajstić information content (AvgIpc) is 3.14. The second-order valence-electron chi connectivity index (χ2n) is 6.15. The molecule has 1 aliphatic rings. The Bertz CT molecular complexity index is 902. The van der Waals surface area contributed by atoms with Gasteiger partial charge < -0.3 is 4.74 Å². The molecule has 24 heavy (non-hydrogen) atoms. The Balaban J connectivity index is 1.98. The fourth-order valence-electron chi connectivity index (χ4n) is 3.11. The molecule has 5 nitrogen and oxygen atoms in total. The van der Waals surface area contributed by atoms with E-state index in [4.69, 9.17) is 9.72 Å². The van der Waals surface area contributed by atoms with Crippen molar-refractivity contribution in [1.82, 2.24) is 19.6 Å². The van der Waals surface area contributed by atoms with Gasteiger partial charge in [0.2, 0.25) is 0 Å². The van der Waals surface area contributed by atoms with Crippen molar-refractivity contribution in [2.24, 2.45) is 5.92 Å². The Hall–Kier alpha value is -0.830. The molecule has 4 heterocycles. The third-order valence-corrected chi connectivity index (χ3v) is 6.90. The minimum atomic E-state index is 0.267. The summed E-state index contributed by atoms with van der Waals surface area (Å²) < 4.78 is 8.16. The molecule has 4 rings (SSSR count). The van der Waals surface area contributed by atoms with Crippen molar-refractivity contribution in [3.63, 3.8) is 0 Å². The standard InChI is InChI=1S/C16H20N4OS3/c1-5-23-16-19-18-13-12-9-6-10(8(2)3)21-7-11(9)24-14(12)17-15(22-4)20(13)16/h8,10H,5-7H2,1-4H3/t10-/m1/s1. The van der Waals surface area contributed by atoms with E-state index in [1.54, 1.807) is 34.9 Å². The fraction of sp³-hybridized carbons (Fsp3) is 0.562. The summed E-state index contributed by atoms with van der Waals surface area (Å²) in [5, 5.41) is 12.0. The van der Waals surface area contributed by atoms with Crippen LogP contribution in [0.4, 0.5) is 0 Å². The molecular weight excluding hydrogens is 360 g/mol. The Morgan fingerprint density at radius 2 is 2.17 bits per heavy atom. The summed E-state index contributed by atoms with van der Waals surface area (Å²) in [5.74, 6) is 1.48. The average molecular weight is 381 g/mol. The SMILES string of the molecule is CCSc1nnc2c3c4c(sc3nc(SC)n12)CO[C@@H](C(C)C)C4. The van der Waals surface area contributed by atoms with Crippen LogP contribution < -0.4 is 0 Å². The zero-order chi connectivity index (χ0) is 16.8. The first-order valence-corrected chi connectivity index (χ1v) is 11.1. The van der Waals surface area contributed by atoms with Crippen LogP contribution in [0.25, 0.3) is 15.9 Å². The van der Waals surface area contributed by atoms with E-state index in [0.717, 1.165) is 33.0 Å². The number of fused-ring (bicyclic) bond motifs is 5. The fourth-order valence-corrected chi connectivity index (χ4v) is 5.54. The maximum Gasteiger partial charge on any atom is 0.197 e. The van der Waals surface area contributed by atoms with E-state index >= 15 is 0 Å². The smallest absolute Gasteiger partial charge is 0.197 e. The van der Waals surface area contributed by atoms with E-state index in [9.17, 15) is 0 Å². The third-order valence-electron chi connectivity index (χ3n) is 4.35. The van der Waals surface area contributed by atoms with Crippen LogP contribution in [0.1, 0.15) is 31.2 Å². The van der Waals surface area contributed by atoms with Gasteiger partial charge >= 0.3 is 0 Å². The van der Waals surface area contributed by atoms with Crippen LogP contribution >= 0.6 is 34.9 Å². The number of hydrogen-bond acceptors (Lipinski definition) is 7. The lowest BCUT2D eigenvalue weighted by atomic mass is 9.96. The topological polar surface area (TPSA) is 52.3 Å². The van der Waals surface area contributed by atoms with E-state index in [2.05, 4.69) is 41.6 Å². The normalized spacial score (nSPS) is 18.0. The predicted molar refractivity (Wildman–Crippen MR) is 101 cm³/mol. The largest absolute Gasteiger partial charge is 0.372 e. The van der Waals surface area contributed by atoms with Crippen molar-refractivity contribution in [2.75, 3.05) is 12.0 Å². The Kier molecular flexibility index (Phi) is 4.49. The summed E-state index contributed by atoms with van der Waals surface area (Å²) in [7, 11) is 0. The maximum atomic E-state index is 6.04. The minimum absolute atomic E-state index is 0.267. The molecule has 1 atom stereocenters. The second kappa shape index (κ2) is 6.48. The first-order chi connectivity index (χ1) is 11.6. The van der Waals surface area contributed by atoms with Crippen LogP contribution in [-0.2, 0) is 17.8 Å². The van der Waals surface area contributed by atoms with Crippen molar-refractivity contribution in [3.8, 4) is 0 Å². The van der Waals surface area contributed by atoms with Crippen LogP contribution in [0, 0.1) is 5.92 Å². The van der Waals surface area contributed by atoms with Crippen molar-refractivity contribution in [2.45, 2.75) is 50.2 Å². The molecule has 8 heteroatoms. The predicted octanol–water partition coefficient (Wildman–Crippen LogP) is 4.27. The van der Waals surface area contributed by atoms with Crippen molar-refractivity contribution in [3.05, 3.63) is 10.4 Å². The highest BCUT2D eigenvalue weighted by Crippen LogP contribution is 2.40. The number of ether oxygens (including phenoxy) is 1. The highest BCUT2D eigenvalue weighted by molar-refractivity contribution is 7.99. The molecular formula is C16H20N4OS3. The summed E-state index contributed by atoms with van der Waals surface area (Å²) in [4.78, 5) is 7.26. The van der Waals surface area contributed by atoms with Gasteiger partial charge in [0.05, 0.1) is 18.1 Å². The Morgan fingerprint density at radius 1 is 1.33 bits per heavy atom. The summed E-state index contributed by atoms with van der Waals surface area (Å²) >= 11 is 5.10. The lowest BCUT2D eigenvalue weighted by Gasteiger charge is -2.26. The van der Waals surface area contributed by atoms with Crippen LogP contribution in [0.3, 0.4) is 0 Å². The first-order valence-electron chi connectivity index (χ1n) is 8.11. The first kappa shape index (κ1) is 16.6. The highest BCUT2D eigenvalue weighted by Gasteiger charge is 2.28. The van der Waals surface area contributed by atoms with Gasteiger partial charge in [0, 0.05) is 11.3 Å². The summed E-state index contributed by atoms with van der Waals surface area (Å²) in [5.41, 5.74) is 2.31. The van der Waals surface area contributed by atoms with Crippen LogP contribution in [0.2, 0.25) is 0 Å². The zero-order valence-corrected chi connectivity index (χ0v) is 16.6. The molecule has 0 amide bonds. The van der Waals surface area contributed by atoms with Crippen LogP contribution in [-0.4, -0.2) is 37.7 Å². The van der Waals surface area contributed by atoms with E-state index in [1.807, 2.05) is 0 Å². The Labute approximate surface area is 153 Å². The quantitative estimate of drug-likeness (QED) is 0.498. The zero-order valence-electron chi connectivity index (χ0n) is 14.2. The van der Waals surface area contributed by atoms with Crippen molar-refractivity contribution in [1.29, 1.82) is 0 Å². The lowest BCUT2D eigenvalue weighted by molar-refractivity contribution is 0.00203. The van der Waals surface area contributed by atoms with Gasteiger partial charge in [-0.3, -0.25) is 0 Å². The van der Waals surface area contributed by atoms with Gasteiger partial charge in [-0.05, 0) is 23.5 Å². The molecule has 3 aromatic rings. The molecule has 0 saturated heterocycles. The number of thiophene rings is 1. The minimum Gasteiger partial charge on any atom is -0.372 e. The molecule has 0 aromatic carbocycles. The van der Waals surface area contributed by atoms with E-state index in [1.165, 1.54) is 15.8 Å². The number of hydrogen-bond donors (Lipinski definition) is 0. The van der Waals surface area contributed by atoms with E-state index in [-0.39, 0.29) is 6.10 Å². The molecule has 0 fully saturated rings. The summed E-state index contributed by atoms with van der Waals surface area (Å²) in [6.07, 6.45) is 3.26. The molecule has 0 N–H and O–H groups in total. The monoisotopic (exact) mass is 380 g/mol. The number of aromatic nitrogens is 4. The summed E-state index contributed by atoms with van der Waals surface area (Å²) in [6, 6.07) is 0. The molecule has 0 bridgehead atoms. The van der Waals surface area contributed by atoms with Crippen LogP contribution in [0.5, 0.6) is 0 Å². The highest BCUT2D eigenvalue weighted by atomic mass is 32.2. The molecule has 0 radical (unpaired) electrons. The van der Waals surface area contributed by atoms with Gasteiger partial charge in [-0.2, -0.15) is 0 Å². The van der Waals surface area contributed by atoms with Gasteiger partial charge in [0.1, 0.15) is 4.83 Å². The molecule has 128 valence electrons. The van der Waals surface area contributed by atoms with Gasteiger partial charge in [-0.1, -0.05) is 44.3 Å². The third kappa shape index (κ3) is 2.55. The summed E-state index contributed by atoms with van der Waals surface area (Å²) in [6.45, 7) is 7.26. The number of nitrogens with zero attached hydrogens (tertiary/aromatic N) is 4. The van der Waals surface area contributed by atoms with Gasteiger partial charge in [-0.25, -0.2) is 9.38 Å². The molecule has 1 aliphatic heterocycles. The second-order valence-corrected chi connectivity index (χ2v) is 9.24. The molecule has 3 aromatic heterocycles. The van der Waals surface area contributed by atoms with Crippen molar-refractivity contribution >= 4 is 50.7 Å². The number of thioether (sulfide) groups is 2. The molecule has 0 aliphatic carbocycles. The lowest BCUT2D eigenvalue weighted by Crippen LogP contribution is -2.26. The molecule has 0 spiro atoms. The Morgan fingerprint density at radius 3 is 2.88 bits per heavy atom. The van der Waals surface area contributed by atoms with Gasteiger partial charge in [0.25, 0.3) is 0 Å². The van der Waals surface area contributed by atoms with Gasteiger partial charge in [0.15, 0.2) is 16.0 Å².